The molecule has 0 aliphatic rings. The van der Waals surface area contributed by atoms with Gasteiger partial charge in [0.05, 0.1) is 0 Å². The molecule has 0 saturated carbocycles. The summed E-state index contributed by atoms with van der Waals surface area (Å²) in [5, 5.41) is 11.2. The van der Waals surface area contributed by atoms with Crippen molar-refractivity contribution < 1.29 is 5.11 Å². The summed E-state index contributed by atoms with van der Waals surface area (Å²) in [6.45, 7) is 0. The minimum Gasteiger partial charge on any atom is -0.384 e. The quantitative estimate of drug-likeness (QED) is 0.770. The number of benzene rings is 1. The van der Waals surface area contributed by atoms with Gasteiger partial charge >= 0.3 is 0 Å². The second kappa shape index (κ2) is 5.64. The maximum absolute atomic E-state index is 10.4. The van der Waals surface area contributed by atoms with Crippen molar-refractivity contribution in [3.05, 3.63) is 34.9 Å². The van der Waals surface area contributed by atoms with E-state index >= 15 is 0 Å². The van der Waals surface area contributed by atoms with Gasteiger partial charge in [0, 0.05) is 16.8 Å². The zero-order valence-electron chi connectivity index (χ0n) is 8.06. The summed E-state index contributed by atoms with van der Waals surface area (Å²) in [5.74, 6) is 0. The van der Waals surface area contributed by atoms with Crippen LogP contribution in [0, 0.1) is 0 Å². The zero-order valence-corrected chi connectivity index (χ0v) is 12.7. The van der Waals surface area contributed by atoms with Crippen LogP contribution in [-0.2, 0) is 5.60 Å². The molecule has 0 aliphatic carbocycles. The molecule has 90 valence electrons. The van der Waals surface area contributed by atoms with Gasteiger partial charge in [0.2, 0.25) is 0 Å². The number of hydrogen-bond donors (Lipinski definition) is 1. The number of aliphatic hydroxyl groups is 1. The maximum atomic E-state index is 10.4. The molecule has 1 aromatic rings. The van der Waals surface area contributed by atoms with Crippen LogP contribution in [0.3, 0.4) is 0 Å². The topological polar surface area (TPSA) is 20.2 Å². The van der Waals surface area contributed by atoms with Crippen molar-refractivity contribution in [2.24, 2.45) is 0 Å². The molecule has 0 saturated heterocycles. The minimum absolute atomic E-state index is 0.0176. The largest absolute Gasteiger partial charge is 0.384 e. The molecule has 1 atom stereocenters. The standard InChI is InChI=1S/C10H9BrCl4O/c11-6-9(16,5-10(13,14)15)7-2-1-3-8(12)4-7/h1-4,16H,5-6H2. The van der Waals surface area contributed by atoms with Gasteiger partial charge in [-0.1, -0.05) is 74.5 Å². The molecule has 0 radical (unpaired) electrons. The predicted molar refractivity (Wildman–Crippen MR) is 74.0 cm³/mol. The van der Waals surface area contributed by atoms with E-state index in [9.17, 15) is 5.11 Å². The molecule has 1 aromatic carbocycles. The lowest BCUT2D eigenvalue weighted by atomic mass is 9.93. The molecule has 0 bridgehead atoms. The SMILES string of the molecule is OC(CBr)(CC(Cl)(Cl)Cl)c1cccc(Cl)c1. The van der Waals surface area contributed by atoms with E-state index in [1.54, 1.807) is 24.3 Å². The summed E-state index contributed by atoms with van der Waals surface area (Å²) in [5.41, 5.74) is -0.640. The molecule has 0 heterocycles. The Morgan fingerprint density at radius 2 is 1.88 bits per heavy atom. The van der Waals surface area contributed by atoms with Crippen molar-refractivity contribution in [3.8, 4) is 0 Å². The Morgan fingerprint density at radius 1 is 1.25 bits per heavy atom. The molecule has 16 heavy (non-hydrogen) atoms. The van der Waals surface area contributed by atoms with E-state index in [1.807, 2.05) is 0 Å². The fourth-order valence-electron chi connectivity index (χ4n) is 1.34. The number of alkyl halides is 4. The molecule has 1 N–H and O–H groups in total. The first kappa shape index (κ1) is 14.9. The maximum Gasteiger partial charge on any atom is 0.193 e. The highest BCUT2D eigenvalue weighted by molar-refractivity contribution is 9.09. The molecule has 1 nitrogen and oxygen atoms in total. The summed E-state index contributed by atoms with van der Waals surface area (Å²) in [6, 6.07) is 6.85. The zero-order chi connectivity index (χ0) is 12.4. The highest BCUT2D eigenvalue weighted by Crippen LogP contribution is 2.41. The third kappa shape index (κ3) is 4.25. The van der Waals surface area contributed by atoms with Crippen LogP contribution in [0.4, 0.5) is 0 Å². The van der Waals surface area contributed by atoms with Crippen LogP contribution in [0.1, 0.15) is 12.0 Å². The molecule has 0 amide bonds. The number of halogens is 5. The van der Waals surface area contributed by atoms with E-state index in [0.29, 0.717) is 10.6 Å². The lowest BCUT2D eigenvalue weighted by Crippen LogP contribution is -2.32. The van der Waals surface area contributed by atoms with Crippen molar-refractivity contribution in [1.29, 1.82) is 0 Å². The summed E-state index contributed by atoms with van der Waals surface area (Å²) in [4.78, 5) is 0. The molecular weight excluding hydrogens is 358 g/mol. The summed E-state index contributed by atoms with van der Waals surface area (Å²) >= 11 is 26.2. The van der Waals surface area contributed by atoms with Gasteiger partial charge in [0.1, 0.15) is 5.60 Å². The Labute approximate surface area is 123 Å². The van der Waals surface area contributed by atoms with E-state index < -0.39 is 9.39 Å². The fraction of sp³-hybridized carbons (Fsp3) is 0.400. The molecule has 1 unspecified atom stereocenters. The van der Waals surface area contributed by atoms with Crippen LogP contribution in [0.5, 0.6) is 0 Å². The smallest absolute Gasteiger partial charge is 0.193 e. The third-order valence-electron chi connectivity index (χ3n) is 2.08. The molecule has 1 rings (SSSR count). The molecule has 0 spiro atoms. The summed E-state index contributed by atoms with van der Waals surface area (Å²) < 4.78 is -1.52. The van der Waals surface area contributed by atoms with Gasteiger partial charge in [-0.05, 0) is 17.7 Å². The van der Waals surface area contributed by atoms with E-state index in [0.717, 1.165) is 0 Å². The van der Waals surface area contributed by atoms with Gasteiger partial charge < -0.3 is 5.11 Å². The van der Waals surface area contributed by atoms with E-state index in [-0.39, 0.29) is 11.8 Å². The monoisotopic (exact) mass is 364 g/mol. The average Bonchev–Trinajstić information content (AvgIpc) is 2.15. The van der Waals surface area contributed by atoms with Gasteiger partial charge in [-0.15, -0.1) is 0 Å². The number of hydrogen-bond acceptors (Lipinski definition) is 1. The van der Waals surface area contributed by atoms with Crippen LogP contribution in [0.25, 0.3) is 0 Å². The predicted octanol–water partition coefficient (Wildman–Crippen LogP) is 4.68. The Kier molecular flexibility index (Phi) is 5.25. The minimum atomic E-state index is -1.52. The molecular formula is C10H9BrCl4O. The first-order chi connectivity index (χ1) is 7.27. The molecule has 6 heteroatoms. The van der Waals surface area contributed by atoms with Crippen LogP contribution in [0.2, 0.25) is 5.02 Å². The van der Waals surface area contributed by atoms with Crippen LogP contribution in [-0.4, -0.2) is 14.2 Å². The van der Waals surface area contributed by atoms with Crippen molar-refractivity contribution in [2.45, 2.75) is 15.8 Å². The normalized spacial score (nSPS) is 15.9. The fourth-order valence-corrected chi connectivity index (χ4v) is 2.71. The lowest BCUT2D eigenvalue weighted by molar-refractivity contribution is 0.0556. The Bertz CT molecular complexity index is 366. The van der Waals surface area contributed by atoms with E-state index in [1.165, 1.54) is 0 Å². The highest BCUT2D eigenvalue weighted by atomic mass is 79.9. The van der Waals surface area contributed by atoms with Gasteiger partial charge in [0.15, 0.2) is 3.79 Å². The van der Waals surface area contributed by atoms with E-state index in [4.69, 9.17) is 46.4 Å². The van der Waals surface area contributed by atoms with Crippen LogP contribution < -0.4 is 0 Å². The first-order valence-corrected chi connectivity index (χ1v) is 7.01. The Morgan fingerprint density at radius 3 is 2.31 bits per heavy atom. The summed E-state index contributed by atoms with van der Waals surface area (Å²) in [6.07, 6.45) is -0.0176. The molecule has 0 aromatic heterocycles. The average molecular weight is 367 g/mol. The van der Waals surface area contributed by atoms with Gasteiger partial charge in [-0.2, -0.15) is 0 Å². The number of rotatable bonds is 3. The molecule has 0 fully saturated rings. The lowest BCUT2D eigenvalue weighted by Gasteiger charge is -2.29. The van der Waals surface area contributed by atoms with Crippen molar-refractivity contribution in [2.75, 3.05) is 5.33 Å². The third-order valence-corrected chi connectivity index (χ3v) is 3.64. The first-order valence-electron chi connectivity index (χ1n) is 4.38. The van der Waals surface area contributed by atoms with Gasteiger partial charge in [-0.25, -0.2) is 0 Å². The van der Waals surface area contributed by atoms with Crippen LogP contribution >= 0.6 is 62.3 Å². The summed E-state index contributed by atoms with van der Waals surface area (Å²) in [7, 11) is 0. The van der Waals surface area contributed by atoms with Crippen molar-refractivity contribution in [1.82, 2.24) is 0 Å². The van der Waals surface area contributed by atoms with Crippen LogP contribution in [0.15, 0.2) is 24.3 Å². The molecule has 0 aliphatic heterocycles. The van der Waals surface area contributed by atoms with Crippen molar-refractivity contribution in [3.63, 3.8) is 0 Å². The second-order valence-electron chi connectivity index (χ2n) is 3.47. The Balaban J connectivity index is 3.05. The van der Waals surface area contributed by atoms with E-state index in [2.05, 4.69) is 15.9 Å². The highest BCUT2D eigenvalue weighted by Gasteiger charge is 2.37. The van der Waals surface area contributed by atoms with Gasteiger partial charge in [-0.3, -0.25) is 0 Å². The Hall–Kier alpha value is 0.820. The van der Waals surface area contributed by atoms with Crippen molar-refractivity contribution >= 4 is 62.3 Å². The second-order valence-corrected chi connectivity index (χ2v) is 6.98. The van der Waals surface area contributed by atoms with Gasteiger partial charge in [0.25, 0.3) is 0 Å².